The monoisotopic (exact) mass is 364 g/mol. The van der Waals surface area contributed by atoms with Crippen LogP contribution in [0.5, 0.6) is 0 Å². The molecule has 2 heterocycles. The topological polar surface area (TPSA) is 41.4 Å². The molecule has 0 saturated carbocycles. The van der Waals surface area contributed by atoms with Crippen LogP contribution < -0.4 is 4.90 Å². The van der Waals surface area contributed by atoms with Gasteiger partial charge in [-0.25, -0.2) is 4.39 Å². The predicted molar refractivity (Wildman–Crippen MR) is 103 cm³/mol. The van der Waals surface area contributed by atoms with Gasteiger partial charge < -0.3 is 9.80 Å². The largest absolute Gasteiger partial charge is 0.368 e. The van der Waals surface area contributed by atoms with Gasteiger partial charge in [-0.15, -0.1) is 0 Å². The molecule has 27 heavy (non-hydrogen) atoms. The highest BCUT2D eigenvalue weighted by Gasteiger charge is 2.24. The molecule has 1 aliphatic rings. The third-order valence-electron chi connectivity index (χ3n) is 4.93. The molecule has 0 bridgehead atoms. The molecule has 1 fully saturated rings. The Labute approximate surface area is 157 Å². The summed E-state index contributed by atoms with van der Waals surface area (Å²) in [6, 6.07) is 18.3. The van der Waals surface area contributed by atoms with Crippen LogP contribution in [0.4, 0.5) is 10.1 Å². The third-order valence-corrected chi connectivity index (χ3v) is 4.93. The Morgan fingerprint density at radius 3 is 2.30 bits per heavy atom. The average Bonchev–Trinajstić information content (AvgIpc) is 3.10. The van der Waals surface area contributed by atoms with E-state index in [-0.39, 0.29) is 11.7 Å². The smallest absolute Gasteiger partial charge is 0.274 e. The number of hydrogen-bond donors (Lipinski definition) is 0. The number of carbonyl (C=O) groups is 1. The SMILES string of the molecule is Cn1nc(C(=O)N2CCN(c3ccc(F)cc3)CC2)cc1-c1ccccc1. The van der Waals surface area contributed by atoms with Crippen molar-refractivity contribution >= 4 is 11.6 Å². The zero-order valence-electron chi connectivity index (χ0n) is 15.2. The van der Waals surface area contributed by atoms with Gasteiger partial charge in [-0.2, -0.15) is 5.10 Å². The molecule has 1 saturated heterocycles. The zero-order valence-corrected chi connectivity index (χ0v) is 15.2. The molecule has 1 aromatic heterocycles. The van der Waals surface area contributed by atoms with E-state index in [1.165, 1.54) is 12.1 Å². The van der Waals surface area contributed by atoms with Crippen molar-refractivity contribution in [3.05, 3.63) is 72.2 Å². The number of anilines is 1. The summed E-state index contributed by atoms with van der Waals surface area (Å²) in [7, 11) is 1.85. The Hall–Kier alpha value is -3.15. The molecule has 0 spiro atoms. The molecule has 0 atom stereocenters. The number of nitrogens with zero attached hydrogens (tertiary/aromatic N) is 4. The Morgan fingerprint density at radius 2 is 1.63 bits per heavy atom. The number of piperazine rings is 1. The molecule has 4 rings (SSSR count). The molecule has 2 aromatic carbocycles. The first-order valence-corrected chi connectivity index (χ1v) is 9.01. The third kappa shape index (κ3) is 3.56. The minimum Gasteiger partial charge on any atom is -0.368 e. The molecule has 0 N–H and O–H groups in total. The second kappa shape index (κ2) is 7.23. The first-order chi connectivity index (χ1) is 13.1. The maximum Gasteiger partial charge on any atom is 0.274 e. The number of aromatic nitrogens is 2. The van der Waals surface area contributed by atoms with Gasteiger partial charge in [-0.3, -0.25) is 9.48 Å². The van der Waals surface area contributed by atoms with E-state index in [2.05, 4.69) is 10.00 Å². The maximum absolute atomic E-state index is 13.1. The predicted octanol–water partition coefficient (Wildman–Crippen LogP) is 3.19. The molecule has 0 aliphatic carbocycles. The number of rotatable bonds is 3. The highest BCUT2D eigenvalue weighted by molar-refractivity contribution is 5.93. The van der Waals surface area contributed by atoms with Crippen LogP contribution in [0.2, 0.25) is 0 Å². The molecular formula is C21H21FN4O. The van der Waals surface area contributed by atoms with Gasteiger partial charge in [0.15, 0.2) is 5.69 Å². The minimum absolute atomic E-state index is 0.0495. The second-order valence-corrected chi connectivity index (χ2v) is 6.66. The summed E-state index contributed by atoms with van der Waals surface area (Å²) >= 11 is 0. The van der Waals surface area contributed by atoms with Gasteiger partial charge in [0, 0.05) is 38.9 Å². The zero-order chi connectivity index (χ0) is 18.8. The lowest BCUT2D eigenvalue weighted by Gasteiger charge is -2.35. The van der Waals surface area contributed by atoms with Crippen molar-refractivity contribution in [2.75, 3.05) is 31.1 Å². The van der Waals surface area contributed by atoms with Gasteiger partial charge in [-0.05, 0) is 35.9 Å². The summed E-state index contributed by atoms with van der Waals surface area (Å²) in [4.78, 5) is 16.9. The van der Waals surface area contributed by atoms with Gasteiger partial charge in [-0.1, -0.05) is 30.3 Å². The Morgan fingerprint density at radius 1 is 0.963 bits per heavy atom. The maximum atomic E-state index is 13.1. The lowest BCUT2D eigenvalue weighted by molar-refractivity contribution is 0.0740. The molecule has 0 unspecified atom stereocenters. The molecule has 0 radical (unpaired) electrons. The molecule has 3 aromatic rings. The van der Waals surface area contributed by atoms with E-state index in [1.54, 1.807) is 16.8 Å². The summed E-state index contributed by atoms with van der Waals surface area (Å²) in [5.74, 6) is -0.288. The average molecular weight is 364 g/mol. The van der Waals surface area contributed by atoms with Crippen LogP contribution >= 0.6 is 0 Å². The highest BCUT2D eigenvalue weighted by Crippen LogP contribution is 2.21. The quantitative estimate of drug-likeness (QED) is 0.717. The molecular weight excluding hydrogens is 343 g/mol. The number of hydrogen-bond acceptors (Lipinski definition) is 3. The summed E-state index contributed by atoms with van der Waals surface area (Å²) in [5.41, 5.74) is 3.40. The van der Waals surface area contributed by atoms with Crippen molar-refractivity contribution < 1.29 is 9.18 Å². The highest BCUT2D eigenvalue weighted by atomic mass is 19.1. The molecule has 1 amide bonds. The van der Waals surface area contributed by atoms with E-state index < -0.39 is 0 Å². The fourth-order valence-electron chi connectivity index (χ4n) is 3.43. The summed E-state index contributed by atoms with van der Waals surface area (Å²) in [5, 5.41) is 4.42. The fraction of sp³-hybridized carbons (Fsp3) is 0.238. The summed E-state index contributed by atoms with van der Waals surface area (Å²) in [6.07, 6.45) is 0. The lowest BCUT2D eigenvalue weighted by atomic mass is 10.1. The van der Waals surface area contributed by atoms with Crippen molar-refractivity contribution in [2.45, 2.75) is 0 Å². The van der Waals surface area contributed by atoms with Crippen LogP contribution in [-0.2, 0) is 7.05 Å². The summed E-state index contributed by atoms with van der Waals surface area (Å²) in [6.45, 7) is 2.67. The van der Waals surface area contributed by atoms with Gasteiger partial charge in [0.1, 0.15) is 5.82 Å². The fourth-order valence-corrected chi connectivity index (χ4v) is 3.43. The number of benzene rings is 2. The Kier molecular flexibility index (Phi) is 4.62. The van der Waals surface area contributed by atoms with Crippen molar-refractivity contribution in [3.63, 3.8) is 0 Å². The van der Waals surface area contributed by atoms with Crippen molar-refractivity contribution in [2.24, 2.45) is 7.05 Å². The van der Waals surface area contributed by atoms with E-state index >= 15 is 0 Å². The number of amides is 1. The van der Waals surface area contributed by atoms with Crippen LogP contribution in [0.1, 0.15) is 10.5 Å². The van der Waals surface area contributed by atoms with Gasteiger partial charge in [0.2, 0.25) is 0 Å². The van der Waals surface area contributed by atoms with E-state index in [0.717, 1.165) is 30.0 Å². The van der Waals surface area contributed by atoms with E-state index in [1.807, 2.05) is 48.3 Å². The Balaban J connectivity index is 1.45. The standard InChI is InChI=1S/C21H21FN4O/c1-24-20(16-5-3-2-4-6-16)15-19(23-24)21(27)26-13-11-25(12-14-26)18-9-7-17(22)8-10-18/h2-10,15H,11-14H2,1H3. The number of aryl methyl sites for hydroxylation is 1. The number of halogens is 1. The van der Waals surface area contributed by atoms with Crippen LogP contribution in [-0.4, -0.2) is 46.8 Å². The summed E-state index contributed by atoms with van der Waals surface area (Å²) < 4.78 is 14.8. The van der Waals surface area contributed by atoms with Crippen LogP contribution in [0, 0.1) is 5.82 Å². The van der Waals surface area contributed by atoms with Crippen LogP contribution in [0.3, 0.4) is 0 Å². The van der Waals surface area contributed by atoms with Gasteiger partial charge in [0.05, 0.1) is 5.69 Å². The molecule has 138 valence electrons. The minimum atomic E-state index is -0.239. The lowest BCUT2D eigenvalue weighted by Crippen LogP contribution is -2.48. The van der Waals surface area contributed by atoms with Crippen molar-refractivity contribution in [3.8, 4) is 11.3 Å². The van der Waals surface area contributed by atoms with E-state index in [0.29, 0.717) is 18.8 Å². The molecule has 5 nitrogen and oxygen atoms in total. The second-order valence-electron chi connectivity index (χ2n) is 6.66. The van der Waals surface area contributed by atoms with Gasteiger partial charge >= 0.3 is 0 Å². The first-order valence-electron chi connectivity index (χ1n) is 9.01. The molecule has 6 heteroatoms. The van der Waals surface area contributed by atoms with Crippen LogP contribution in [0.25, 0.3) is 11.3 Å². The van der Waals surface area contributed by atoms with E-state index in [9.17, 15) is 9.18 Å². The Bertz CT molecular complexity index is 929. The van der Waals surface area contributed by atoms with E-state index in [4.69, 9.17) is 0 Å². The molecule has 1 aliphatic heterocycles. The first kappa shape index (κ1) is 17.3. The number of carbonyl (C=O) groups excluding carboxylic acids is 1. The van der Waals surface area contributed by atoms with Crippen molar-refractivity contribution in [1.82, 2.24) is 14.7 Å². The van der Waals surface area contributed by atoms with Crippen molar-refractivity contribution in [1.29, 1.82) is 0 Å². The van der Waals surface area contributed by atoms with Crippen LogP contribution in [0.15, 0.2) is 60.7 Å². The normalized spacial score (nSPS) is 14.4. The van der Waals surface area contributed by atoms with Gasteiger partial charge in [0.25, 0.3) is 5.91 Å².